The van der Waals surface area contributed by atoms with Crippen LogP contribution >= 0.6 is 0 Å². The third kappa shape index (κ3) is 1.73. The second-order valence-corrected chi connectivity index (χ2v) is 7.38. The van der Waals surface area contributed by atoms with Crippen LogP contribution < -0.4 is 5.73 Å². The number of anilines is 1. The highest BCUT2D eigenvalue weighted by atomic mass is 15.3. The molecule has 0 radical (unpaired) electrons. The number of hydrogen-bond donors (Lipinski definition) is 1. The molecule has 3 heteroatoms. The van der Waals surface area contributed by atoms with Gasteiger partial charge in [-0.2, -0.15) is 5.10 Å². The van der Waals surface area contributed by atoms with Crippen LogP contribution in [0.5, 0.6) is 0 Å². The van der Waals surface area contributed by atoms with Crippen molar-refractivity contribution in [2.24, 2.45) is 17.8 Å². The van der Waals surface area contributed by atoms with Crippen molar-refractivity contribution in [1.29, 1.82) is 0 Å². The first-order chi connectivity index (χ1) is 9.18. The van der Waals surface area contributed by atoms with E-state index in [4.69, 9.17) is 10.8 Å². The molecule has 104 valence electrons. The quantitative estimate of drug-likeness (QED) is 0.904. The van der Waals surface area contributed by atoms with Crippen LogP contribution in [0.3, 0.4) is 0 Å². The van der Waals surface area contributed by atoms with E-state index in [0.29, 0.717) is 5.41 Å². The number of rotatable bonds is 3. The highest BCUT2D eigenvalue weighted by molar-refractivity contribution is 5.36. The van der Waals surface area contributed by atoms with Crippen LogP contribution in [0.25, 0.3) is 0 Å². The second kappa shape index (κ2) is 4.00. The van der Waals surface area contributed by atoms with Gasteiger partial charge in [-0.05, 0) is 62.7 Å². The van der Waals surface area contributed by atoms with Crippen LogP contribution in [0.4, 0.5) is 5.82 Å². The van der Waals surface area contributed by atoms with Gasteiger partial charge in [-0.1, -0.05) is 6.92 Å². The molecule has 0 unspecified atom stereocenters. The molecular formula is C16H25N3. The fraction of sp³-hybridized carbons (Fsp3) is 0.812. The number of nitrogens with zero attached hydrogens (tertiary/aromatic N) is 2. The monoisotopic (exact) mass is 259 g/mol. The maximum Gasteiger partial charge on any atom is 0.121 e. The molecule has 2 N–H and O–H groups in total. The van der Waals surface area contributed by atoms with Crippen molar-refractivity contribution < 1.29 is 0 Å². The van der Waals surface area contributed by atoms with Crippen LogP contribution in [0.15, 0.2) is 6.07 Å². The zero-order valence-corrected chi connectivity index (χ0v) is 11.9. The van der Waals surface area contributed by atoms with Gasteiger partial charge < -0.3 is 5.73 Å². The molecule has 0 atom stereocenters. The maximum absolute atomic E-state index is 6.15. The molecule has 0 aliphatic heterocycles. The van der Waals surface area contributed by atoms with Gasteiger partial charge in [0.2, 0.25) is 0 Å². The largest absolute Gasteiger partial charge is 0.384 e. The summed E-state index contributed by atoms with van der Waals surface area (Å²) in [6, 6.07) is 2.18. The summed E-state index contributed by atoms with van der Waals surface area (Å²) < 4.78 is 2.02. The molecule has 3 nitrogen and oxygen atoms in total. The highest BCUT2D eigenvalue weighted by Crippen LogP contribution is 2.60. The van der Waals surface area contributed by atoms with Crippen LogP contribution in [0.2, 0.25) is 0 Å². The molecule has 5 rings (SSSR count). The van der Waals surface area contributed by atoms with Crippen molar-refractivity contribution in [2.75, 3.05) is 5.73 Å². The molecule has 4 aliphatic rings. The smallest absolute Gasteiger partial charge is 0.121 e. The van der Waals surface area contributed by atoms with Crippen molar-refractivity contribution in [3.63, 3.8) is 0 Å². The van der Waals surface area contributed by atoms with Gasteiger partial charge in [0, 0.05) is 18.0 Å². The molecule has 4 saturated carbocycles. The fourth-order valence-corrected chi connectivity index (χ4v) is 5.51. The summed E-state index contributed by atoms with van der Waals surface area (Å²) in [7, 11) is 0. The van der Waals surface area contributed by atoms with Crippen molar-refractivity contribution in [1.82, 2.24) is 9.78 Å². The summed E-state index contributed by atoms with van der Waals surface area (Å²) in [6.45, 7) is 3.14. The standard InChI is InChI=1S/C16H25N3/c1-2-3-19-15(17)7-14(18-19)16-8-11-4-12(9-16)6-13(5-11)10-16/h7,11-13H,2-6,8-10,17H2,1H3. The molecule has 0 spiro atoms. The van der Waals surface area contributed by atoms with E-state index in [1.165, 1.54) is 44.2 Å². The fourth-order valence-electron chi connectivity index (χ4n) is 5.51. The second-order valence-electron chi connectivity index (χ2n) is 7.38. The zero-order valence-electron chi connectivity index (χ0n) is 11.9. The van der Waals surface area contributed by atoms with E-state index in [-0.39, 0.29) is 0 Å². The number of aryl methyl sites for hydroxylation is 1. The first-order valence-corrected chi connectivity index (χ1v) is 8.02. The average molecular weight is 259 g/mol. The Labute approximate surface area is 115 Å². The van der Waals surface area contributed by atoms with Crippen molar-refractivity contribution in [3.8, 4) is 0 Å². The van der Waals surface area contributed by atoms with E-state index >= 15 is 0 Å². The summed E-state index contributed by atoms with van der Waals surface area (Å²) in [5, 5.41) is 4.88. The van der Waals surface area contributed by atoms with Crippen molar-refractivity contribution in [2.45, 2.75) is 63.8 Å². The van der Waals surface area contributed by atoms with E-state index in [0.717, 1.165) is 36.5 Å². The van der Waals surface area contributed by atoms with E-state index < -0.39 is 0 Å². The van der Waals surface area contributed by atoms with E-state index in [2.05, 4.69) is 13.0 Å². The van der Waals surface area contributed by atoms with Crippen LogP contribution in [0.1, 0.15) is 57.6 Å². The predicted octanol–water partition coefficient (Wildman–Crippen LogP) is 3.34. The minimum Gasteiger partial charge on any atom is -0.384 e. The molecule has 19 heavy (non-hydrogen) atoms. The molecule has 0 amide bonds. The number of nitrogen functional groups attached to an aromatic ring is 1. The Morgan fingerprint density at radius 2 is 1.79 bits per heavy atom. The summed E-state index contributed by atoms with van der Waals surface area (Å²) in [6.07, 6.45) is 9.70. The Bertz CT molecular complexity index is 453. The lowest BCUT2D eigenvalue weighted by Crippen LogP contribution is -2.48. The molecule has 1 aromatic rings. The Morgan fingerprint density at radius 3 is 2.32 bits per heavy atom. The number of hydrogen-bond acceptors (Lipinski definition) is 2. The van der Waals surface area contributed by atoms with E-state index in [9.17, 15) is 0 Å². The molecule has 4 aliphatic carbocycles. The third-order valence-corrected chi connectivity index (χ3v) is 5.83. The van der Waals surface area contributed by atoms with Crippen molar-refractivity contribution in [3.05, 3.63) is 11.8 Å². The normalized spacial score (nSPS) is 39.9. The van der Waals surface area contributed by atoms with Gasteiger partial charge in [-0.3, -0.25) is 0 Å². The summed E-state index contributed by atoms with van der Waals surface area (Å²) >= 11 is 0. The number of aromatic nitrogens is 2. The van der Waals surface area contributed by atoms with Gasteiger partial charge in [0.1, 0.15) is 5.82 Å². The maximum atomic E-state index is 6.15. The van der Waals surface area contributed by atoms with Gasteiger partial charge in [-0.15, -0.1) is 0 Å². The Balaban J connectivity index is 1.69. The number of nitrogens with two attached hydrogens (primary N) is 1. The first kappa shape index (κ1) is 11.8. The zero-order chi connectivity index (χ0) is 13.0. The van der Waals surface area contributed by atoms with Gasteiger partial charge >= 0.3 is 0 Å². The third-order valence-electron chi connectivity index (χ3n) is 5.83. The van der Waals surface area contributed by atoms with Gasteiger partial charge in [-0.25, -0.2) is 4.68 Å². The Kier molecular flexibility index (Phi) is 2.49. The van der Waals surface area contributed by atoms with Crippen LogP contribution in [-0.2, 0) is 12.0 Å². The van der Waals surface area contributed by atoms with Gasteiger partial charge in [0.05, 0.1) is 5.69 Å². The first-order valence-electron chi connectivity index (χ1n) is 8.02. The van der Waals surface area contributed by atoms with Gasteiger partial charge in [0.15, 0.2) is 0 Å². The molecule has 1 aromatic heterocycles. The Hall–Kier alpha value is -0.990. The summed E-state index contributed by atoms with van der Waals surface area (Å²) in [4.78, 5) is 0. The molecule has 4 fully saturated rings. The van der Waals surface area contributed by atoms with Crippen LogP contribution in [0, 0.1) is 17.8 Å². The molecule has 0 aromatic carbocycles. The summed E-state index contributed by atoms with van der Waals surface area (Å²) in [5.41, 5.74) is 7.85. The predicted molar refractivity (Wildman–Crippen MR) is 76.8 cm³/mol. The minimum absolute atomic E-state index is 0.391. The lowest BCUT2D eigenvalue weighted by molar-refractivity contribution is -0.00747. The van der Waals surface area contributed by atoms with E-state index in [1.807, 2.05) is 4.68 Å². The minimum atomic E-state index is 0.391. The van der Waals surface area contributed by atoms with Crippen molar-refractivity contribution >= 4 is 5.82 Å². The average Bonchev–Trinajstić information content (AvgIpc) is 2.70. The van der Waals surface area contributed by atoms with E-state index in [1.54, 1.807) is 0 Å². The van der Waals surface area contributed by atoms with Crippen LogP contribution in [-0.4, -0.2) is 9.78 Å². The molecule has 4 bridgehead atoms. The molecular weight excluding hydrogens is 234 g/mol. The lowest BCUT2D eigenvalue weighted by Gasteiger charge is -2.56. The Morgan fingerprint density at radius 1 is 1.21 bits per heavy atom. The highest BCUT2D eigenvalue weighted by Gasteiger charge is 2.52. The summed E-state index contributed by atoms with van der Waals surface area (Å²) in [5.74, 6) is 3.80. The van der Waals surface area contributed by atoms with Gasteiger partial charge in [0.25, 0.3) is 0 Å². The SMILES string of the molecule is CCCn1nc(C23CC4CC(CC(C4)C2)C3)cc1N. The lowest BCUT2D eigenvalue weighted by atomic mass is 9.49. The topological polar surface area (TPSA) is 43.8 Å². The molecule has 0 saturated heterocycles. The molecule has 1 heterocycles.